The van der Waals surface area contributed by atoms with Gasteiger partial charge in [-0.25, -0.2) is 4.98 Å². The summed E-state index contributed by atoms with van der Waals surface area (Å²) >= 11 is 1.56. The van der Waals surface area contributed by atoms with Gasteiger partial charge in [-0.1, -0.05) is 30.3 Å². The van der Waals surface area contributed by atoms with Crippen molar-refractivity contribution in [2.24, 2.45) is 0 Å². The lowest BCUT2D eigenvalue weighted by atomic mass is 9.77. The molecule has 1 heterocycles. The average molecular weight is 287 g/mol. The number of benzene rings is 1. The Hall–Kier alpha value is -1.88. The summed E-state index contributed by atoms with van der Waals surface area (Å²) in [7, 11) is 0. The number of thiazole rings is 1. The smallest absolute Gasteiger partial charge is 0.217 e. The number of hydrogen-bond donors (Lipinski definition) is 2. The van der Waals surface area contributed by atoms with Crippen molar-refractivity contribution in [1.29, 1.82) is 0 Å². The lowest BCUT2D eigenvalue weighted by molar-refractivity contribution is -0.121. The molecule has 0 aliphatic heterocycles. The third-order valence-electron chi connectivity index (χ3n) is 3.78. The Morgan fingerprint density at radius 2 is 2.15 bits per heavy atom. The van der Waals surface area contributed by atoms with E-state index in [4.69, 9.17) is 5.73 Å². The van der Waals surface area contributed by atoms with Gasteiger partial charge >= 0.3 is 0 Å². The van der Waals surface area contributed by atoms with Crippen LogP contribution in [-0.4, -0.2) is 10.9 Å². The monoisotopic (exact) mass is 287 g/mol. The number of anilines is 1. The predicted octanol–water partition coefficient (Wildman–Crippen LogP) is 2.25. The Morgan fingerprint density at radius 1 is 1.40 bits per heavy atom. The van der Waals surface area contributed by atoms with Crippen molar-refractivity contribution < 1.29 is 4.79 Å². The first-order valence-electron chi connectivity index (χ1n) is 6.67. The van der Waals surface area contributed by atoms with Gasteiger partial charge in [0.15, 0.2) is 5.13 Å². The minimum atomic E-state index is -0.361. The van der Waals surface area contributed by atoms with Crippen molar-refractivity contribution in [2.45, 2.75) is 31.7 Å². The maximum atomic E-state index is 11.7. The highest BCUT2D eigenvalue weighted by Crippen LogP contribution is 2.38. The summed E-state index contributed by atoms with van der Waals surface area (Å²) in [4.78, 5) is 17.3. The number of nitrogens with one attached hydrogen (secondary N) is 1. The molecule has 4 nitrogen and oxygen atoms in total. The Bertz CT molecular complexity index is 638. The second kappa shape index (κ2) is 4.90. The van der Waals surface area contributed by atoms with Crippen molar-refractivity contribution in [1.82, 2.24) is 10.3 Å². The number of nitrogens with two attached hydrogens (primary N) is 1. The minimum Gasteiger partial charge on any atom is -0.375 e. The zero-order valence-corrected chi connectivity index (χ0v) is 12.2. The largest absolute Gasteiger partial charge is 0.375 e. The van der Waals surface area contributed by atoms with Crippen LogP contribution in [0.5, 0.6) is 0 Å². The predicted molar refractivity (Wildman–Crippen MR) is 80.5 cm³/mol. The molecule has 1 atom stereocenters. The summed E-state index contributed by atoms with van der Waals surface area (Å²) in [6.07, 6.45) is 2.49. The third kappa shape index (κ3) is 2.29. The van der Waals surface area contributed by atoms with Crippen molar-refractivity contribution >= 4 is 22.4 Å². The molecule has 0 radical (unpaired) electrons. The van der Waals surface area contributed by atoms with Crippen LogP contribution in [0.3, 0.4) is 0 Å². The van der Waals surface area contributed by atoms with Crippen molar-refractivity contribution in [2.75, 3.05) is 5.73 Å². The van der Waals surface area contributed by atoms with Crippen LogP contribution < -0.4 is 11.1 Å². The van der Waals surface area contributed by atoms with Crippen LogP contribution in [0.4, 0.5) is 5.13 Å². The van der Waals surface area contributed by atoms with Crippen LogP contribution in [0, 0.1) is 0 Å². The number of carbonyl (C=O) groups is 1. The Labute approximate surface area is 122 Å². The van der Waals surface area contributed by atoms with Gasteiger partial charge < -0.3 is 11.1 Å². The van der Waals surface area contributed by atoms with Gasteiger partial charge in [0.2, 0.25) is 5.91 Å². The number of fused-ring (bicyclic) bond motifs is 1. The molecular formula is C15H17N3OS. The molecule has 1 unspecified atom stereocenters. The molecule has 0 saturated heterocycles. The first-order chi connectivity index (χ1) is 9.59. The van der Waals surface area contributed by atoms with Crippen LogP contribution >= 0.6 is 11.3 Å². The quantitative estimate of drug-likeness (QED) is 0.890. The van der Waals surface area contributed by atoms with Gasteiger partial charge in [0.25, 0.3) is 0 Å². The molecule has 20 heavy (non-hydrogen) atoms. The van der Waals surface area contributed by atoms with Crippen LogP contribution in [0.25, 0.3) is 0 Å². The molecule has 3 rings (SSSR count). The number of nitrogen functional groups attached to an aromatic ring is 1. The SMILES string of the molecule is CC(=O)NC1(c2ccccc2)CCc2sc(N)nc2C1. The van der Waals surface area contributed by atoms with Crippen molar-refractivity contribution in [3.8, 4) is 0 Å². The second-order valence-corrected chi connectivity index (χ2v) is 6.34. The molecule has 104 valence electrons. The topological polar surface area (TPSA) is 68.0 Å². The summed E-state index contributed by atoms with van der Waals surface area (Å²) in [5.41, 5.74) is 7.60. The van der Waals surface area contributed by atoms with Gasteiger partial charge in [0.05, 0.1) is 11.2 Å². The van der Waals surface area contributed by atoms with Crippen LogP contribution in [0.15, 0.2) is 30.3 Å². The number of rotatable bonds is 2. The fourth-order valence-corrected chi connectivity index (χ4v) is 3.81. The lowest BCUT2D eigenvalue weighted by Gasteiger charge is -2.37. The maximum absolute atomic E-state index is 11.7. The highest BCUT2D eigenvalue weighted by atomic mass is 32.1. The Morgan fingerprint density at radius 3 is 2.85 bits per heavy atom. The maximum Gasteiger partial charge on any atom is 0.217 e. The van der Waals surface area contributed by atoms with Gasteiger partial charge in [-0.05, 0) is 18.4 Å². The van der Waals surface area contributed by atoms with E-state index in [1.54, 1.807) is 18.3 Å². The van der Waals surface area contributed by atoms with Crippen LogP contribution in [0.2, 0.25) is 0 Å². The highest BCUT2D eigenvalue weighted by Gasteiger charge is 2.38. The first-order valence-corrected chi connectivity index (χ1v) is 7.49. The number of carbonyl (C=O) groups excluding carboxylic acids is 1. The lowest BCUT2D eigenvalue weighted by Crippen LogP contribution is -2.48. The molecule has 0 fully saturated rings. The van der Waals surface area contributed by atoms with Crippen molar-refractivity contribution in [3.63, 3.8) is 0 Å². The fraction of sp³-hybridized carbons (Fsp3) is 0.333. The van der Waals surface area contributed by atoms with E-state index in [2.05, 4.69) is 22.4 Å². The van der Waals surface area contributed by atoms with E-state index >= 15 is 0 Å². The van der Waals surface area contributed by atoms with Gasteiger partial charge in [-0.15, -0.1) is 11.3 Å². The van der Waals surface area contributed by atoms with Gasteiger partial charge in [0, 0.05) is 18.2 Å². The number of nitrogens with zero attached hydrogens (tertiary/aromatic N) is 1. The molecule has 0 bridgehead atoms. The molecule has 1 aliphatic rings. The summed E-state index contributed by atoms with van der Waals surface area (Å²) in [5, 5.41) is 3.76. The fourth-order valence-electron chi connectivity index (χ4n) is 2.96. The molecule has 0 spiro atoms. The first kappa shape index (κ1) is 13.1. The van der Waals surface area contributed by atoms with Crippen molar-refractivity contribution in [3.05, 3.63) is 46.5 Å². The summed E-state index contributed by atoms with van der Waals surface area (Å²) < 4.78 is 0. The zero-order chi connectivity index (χ0) is 14.2. The standard InChI is InChI=1S/C15H17N3OS/c1-10(19)18-15(11-5-3-2-4-6-11)8-7-13-12(9-15)17-14(16)20-13/h2-6H,7-9H2,1H3,(H2,16,17)(H,18,19). The van der Waals surface area contributed by atoms with Crippen LogP contribution in [0.1, 0.15) is 29.5 Å². The van der Waals surface area contributed by atoms with E-state index in [0.29, 0.717) is 11.6 Å². The highest BCUT2D eigenvalue weighted by molar-refractivity contribution is 7.15. The molecule has 3 N–H and O–H groups in total. The normalized spacial score (nSPS) is 21.2. The Kier molecular flexibility index (Phi) is 3.22. The summed E-state index contributed by atoms with van der Waals surface area (Å²) in [5.74, 6) is -0.0134. The molecule has 2 aromatic rings. The molecule has 1 aliphatic carbocycles. The third-order valence-corrected chi connectivity index (χ3v) is 4.77. The van der Waals surface area contributed by atoms with Gasteiger partial charge in [-0.3, -0.25) is 4.79 Å². The zero-order valence-electron chi connectivity index (χ0n) is 11.3. The number of amides is 1. The second-order valence-electron chi connectivity index (χ2n) is 5.23. The van der Waals surface area contributed by atoms with E-state index in [1.165, 1.54) is 4.88 Å². The average Bonchev–Trinajstić information content (AvgIpc) is 2.78. The molecule has 1 aromatic heterocycles. The Balaban J connectivity index is 2.03. The van der Waals surface area contributed by atoms with E-state index in [0.717, 1.165) is 24.1 Å². The molecule has 1 aromatic carbocycles. The minimum absolute atomic E-state index is 0.0134. The number of aromatic nitrogens is 1. The number of aryl methyl sites for hydroxylation is 1. The number of hydrogen-bond acceptors (Lipinski definition) is 4. The van der Waals surface area contributed by atoms with Crippen LogP contribution in [-0.2, 0) is 23.2 Å². The summed E-state index contributed by atoms with van der Waals surface area (Å²) in [6, 6.07) is 10.1. The molecule has 5 heteroatoms. The van der Waals surface area contributed by atoms with E-state index in [1.807, 2.05) is 18.2 Å². The molecule has 1 amide bonds. The van der Waals surface area contributed by atoms with E-state index in [9.17, 15) is 4.79 Å². The molecular weight excluding hydrogens is 270 g/mol. The molecule has 0 saturated carbocycles. The van der Waals surface area contributed by atoms with Gasteiger partial charge in [0.1, 0.15) is 0 Å². The van der Waals surface area contributed by atoms with E-state index < -0.39 is 0 Å². The summed E-state index contributed by atoms with van der Waals surface area (Å²) in [6.45, 7) is 1.57. The van der Waals surface area contributed by atoms with E-state index in [-0.39, 0.29) is 11.4 Å². The van der Waals surface area contributed by atoms with Gasteiger partial charge in [-0.2, -0.15) is 0 Å².